The molecule has 1 atom stereocenters. The number of amides is 1. The second-order valence-corrected chi connectivity index (χ2v) is 9.31. The molecule has 1 amide bonds. The van der Waals surface area contributed by atoms with Crippen LogP contribution in [0.4, 0.5) is 5.69 Å². The summed E-state index contributed by atoms with van der Waals surface area (Å²) in [7, 11) is 0. The minimum Gasteiger partial charge on any atom is -0.507 e. The maximum Gasteiger partial charge on any atom is 0.300 e. The van der Waals surface area contributed by atoms with Crippen molar-refractivity contribution in [2.24, 2.45) is 0 Å². The van der Waals surface area contributed by atoms with Crippen molar-refractivity contribution < 1.29 is 19.4 Å². The van der Waals surface area contributed by atoms with Crippen LogP contribution in [-0.4, -0.2) is 23.4 Å². The standard InChI is InChI=1S/C28H26BrNO4/c1-4-34-23-15-12-19(16-22(23)17(2)3)26(31)24-25(18-10-13-20(29)14-11-18)30(28(33)27(24)32)21-8-6-5-7-9-21/h5-17,25,31H,4H2,1-3H3/b26-24-. The summed E-state index contributed by atoms with van der Waals surface area (Å²) in [5.74, 6) is -0.703. The molecule has 0 saturated carbocycles. The lowest BCUT2D eigenvalue weighted by atomic mass is 9.93. The molecular weight excluding hydrogens is 494 g/mol. The number of nitrogens with zero attached hydrogens (tertiary/aromatic N) is 1. The molecule has 1 aliphatic heterocycles. The number of anilines is 1. The Balaban J connectivity index is 1.92. The average molecular weight is 520 g/mol. The van der Waals surface area contributed by atoms with Gasteiger partial charge in [0.25, 0.3) is 11.7 Å². The molecule has 0 aromatic heterocycles. The van der Waals surface area contributed by atoms with Gasteiger partial charge in [-0.2, -0.15) is 0 Å². The predicted molar refractivity (Wildman–Crippen MR) is 137 cm³/mol. The Kier molecular flexibility index (Phi) is 6.89. The molecule has 1 aliphatic rings. The zero-order valence-electron chi connectivity index (χ0n) is 19.3. The van der Waals surface area contributed by atoms with Crippen LogP contribution in [0.1, 0.15) is 49.4 Å². The smallest absolute Gasteiger partial charge is 0.300 e. The number of benzene rings is 3. The predicted octanol–water partition coefficient (Wildman–Crippen LogP) is 6.60. The first kappa shape index (κ1) is 23.8. The van der Waals surface area contributed by atoms with Gasteiger partial charge in [-0.3, -0.25) is 14.5 Å². The molecule has 174 valence electrons. The molecule has 0 aliphatic carbocycles. The van der Waals surface area contributed by atoms with Gasteiger partial charge in [0.2, 0.25) is 0 Å². The number of Topliss-reactive ketones (excluding diaryl/α,β-unsaturated/α-hetero) is 1. The third kappa shape index (κ3) is 4.38. The first-order valence-electron chi connectivity index (χ1n) is 11.2. The molecule has 1 N–H and O–H groups in total. The molecule has 0 radical (unpaired) electrons. The van der Waals surface area contributed by atoms with E-state index >= 15 is 0 Å². The highest BCUT2D eigenvalue weighted by Gasteiger charge is 2.46. The van der Waals surface area contributed by atoms with E-state index in [-0.39, 0.29) is 17.3 Å². The molecule has 3 aromatic carbocycles. The molecule has 1 heterocycles. The maximum atomic E-state index is 13.3. The molecule has 5 nitrogen and oxygen atoms in total. The molecule has 1 saturated heterocycles. The molecule has 6 heteroatoms. The van der Waals surface area contributed by atoms with Gasteiger partial charge in [-0.15, -0.1) is 0 Å². The number of ketones is 1. The summed E-state index contributed by atoms with van der Waals surface area (Å²) < 4.78 is 6.62. The number of hydrogen-bond acceptors (Lipinski definition) is 4. The van der Waals surface area contributed by atoms with E-state index in [9.17, 15) is 14.7 Å². The van der Waals surface area contributed by atoms with Crippen LogP contribution in [-0.2, 0) is 9.59 Å². The zero-order chi connectivity index (χ0) is 24.4. The number of halogens is 1. The van der Waals surface area contributed by atoms with Crippen LogP contribution in [0.25, 0.3) is 5.76 Å². The van der Waals surface area contributed by atoms with Gasteiger partial charge >= 0.3 is 0 Å². The lowest BCUT2D eigenvalue weighted by Crippen LogP contribution is -2.29. The van der Waals surface area contributed by atoms with Crippen LogP contribution in [0.3, 0.4) is 0 Å². The van der Waals surface area contributed by atoms with Crippen molar-refractivity contribution in [1.29, 1.82) is 0 Å². The van der Waals surface area contributed by atoms with E-state index in [1.807, 2.05) is 69.3 Å². The summed E-state index contributed by atoms with van der Waals surface area (Å²) in [6, 6.07) is 21.0. The highest BCUT2D eigenvalue weighted by atomic mass is 79.9. The number of hydrogen-bond donors (Lipinski definition) is 1. The van der Waals surface area contributed by atoms with Crippen molar-refractivity contribution >= 4 is 39.1 Å². The Morgan fingerprint density at radius 3 is 2.32 bits per heavy atom. The van der Waals surface area contributed by atoms with E-state index in [2.05, 4.69) is 15.9 Å². The summed E-state index contributed by atoms with van der Waals surface area (Å²) in [6.07, 6.45) is 0. The van der Waals surface area contributed by atoms with Crippen molar-refractivity contribution in [3.8, 4) is 5.75 Å². The van der Waals surface area contributed by atoms with Gasteiger partial charge in [0.1, 0.15) is 11.5 Å². The van der Waals surface area contributed by atoms with Crippen molar-refractivity contribution in [1.82, 2.24) is 0 Å². The van der Waals surface area contributed by atoms with Crippen LogP contribution in [0.5, 0.6) is 5.75 Å². The summed E-state index contributed by atoms with van der Waals surface area (Å²) in [5, 5.41) is 11.4. The molecule has 1 fully saturated rings. The van der Waals surface area contributed by atoms with Gasteiger partial charge in [-0.25, -0.2) is 0 Å². The van der Waals surface area contributed by atoms with Crippen LogP contribution in [0.2, 0.25) is 0 Å². The lowest BCUT2D eigenvalue weighted by Gasteiger charge is -2.25. The van der Waals surface area contributed by atoms with Crippen molar-refractivity contribution in [2.45, 2.75) is 32.7 Å². The highest BCUT2D eigenvalue weighted by molar-refractivity contribution is 9.10. The van der Waals surface area contributed by atoms with Gasteiger partial charge in [0, 0.05) is 15.7 Å². The number of rotatable bonds is 6. The Bertz CT molecular complexity index is 1250. The molecule has 0 spiro atoms. The molecular formula is C28H26BrNO4. The van der Waals surface area contributed by atoms with E-state index in [1.165, 1.54) is 4.90 Å². The quantitative estimate of drug-likeness (QED) is 0.226. The SMILES string of the molecule is CCOc1ccc(/C(O)=C2/C(=O)C(=O)N(c3ccccc3)C2c2ccc(Br)cc2)cc1C(C)C. The van der Waals surface area contributed by atoms with Crippen LogP contribution in [0.15, 0.2) is 82.8 Å². The van der Waals surface area contributed by atoms with E-state index in [0.717, 1.165) is 21.3 Å². The summed E-state index contributed by atoms with van der Waals surface area (Å²) >= 11 is 3.44. The summed E-state index contributed by atoms with van der Waals surface area (Å²) in [6.45, 7) is 6.52. The highest BCUT2D eigenvalue weighted by Crippen LogP contribution is 2.43. The van der Waals surface area contributed by atoms with E-state index in [0.29, 0.717) is 17.9 Å². The third-order valence-corrected chi connectivity index (χ3v) is 6.40. The number of aliphatic hydroxyl groups excluding tert-OH is 1. The zero-order valence-corrected chi connectivity index (χ0v) is 20.9. The minimum absolute atomic E-state index is 0.0649. The van der Waals surface area contributed by atoms with E-state index in [1.54, 1.807) is 24.3 Å². The number of carbonyl (C=O) groups excluding carboxylic acids is 2. The Morgan fingerprint density at radius 1 is 1.03 bits per heavy atom. The van der Waals surface area contributed by atoms with E-state index in [4.69, 9.17) is 4.74 Å². The molecule has 4 rings (SSSR count). The fraction of sp³-hybridized carbons (Fsp3) is 0.214. The van der Waals surface area contributed by atoms with Gasteiger partial charge in [-0.1, -0.05) is 60.1 Å². The van der Waals surface area contributed by atoms with Crippen molar-refractivity contribution in [3.63, 3.8) is 0 Å². The first-order valence-corrected chi connectivity index (χ1v) is 12.0. The molecule has 34 heavy (non-hydrogen) atoms. The average Bonchev–Trinajstić information content (AvgIpc) is 3.10. The second-order valence-electron chi connectivity index (χ2n) is 8.40. The summed E-state index contributed by atoms with van der Waals surface area (Å²) in [5.41, 5.74) is 2.77. The first-order chi connectivity index (χ1) is 16.3. The maximum absolute atomic E-state index is 13.3. The number of ether oxygens (including phenoxy) is 1. The van der Waals surface area contributed by atoms with Crippen LogP contribution < -0.4 is 9.64 Å². The topological polar surface area (TPSA) is 66.8 Å². The van der Waals surface area contributed by atoms with Crippen LogP contribution in [0, 0.1) is 0 Å². The van der Waals surface area contributed by atoms with Gasteiger partial charge in [0.15, 0.2) is 0 Å². The van der Waals surface area contributed by atoms with Crippen molar-refractivity contribution in [3.05, 3.63) is 99.5 Å². The molecule has 1 unspecified atom stereocenters. The second kappa shape index (κ2) is 9.85. The molecule has 3 aromatic rings. The number of aliphatic hydroxyl groups is 1. The fourth-order valence-electron chi connectivity index (χ4n) is 4.24. The molecule has 0 bridgehead atoms. The summed E-state index contributed by atoms with van der Waals surface area (Å²) in [4.78, 5) is 28.0. The van der Waals surface area contributed by atoms with Gasteiger partial charge < -0.3 is 9.84 Å². The normalized spacial score (nSPS) is 17.4. The van der Waals surface area contributed by atoms with Crippen LogP contribution >= 0.6 is 15.9 Å². The monoisotopic (exact) mass is 519 g/mol. The van der Waals surface area contributed by atoms with Gasteiger partial charge in [-0.05, 0) is 66.4 Å². The number of para-hydroxylation sites is 1. The number of carbonyl (C=O) groups is 2. The minimum atomic E-state index is -0.760. The Hall–Kier alpha value is -3.38. The Morgan fingerprint density at radius 2 is 1.71 bits per heavy atom. The largest absolute Gasteiger partial charge is 0.507 e. The lowest BCUT2D eigenvalue weighted by molar-refractivity contribution is -0.132. The third-order valence-electron chi connectivity index (χ3n) is 5.87. The van der Waals surface area contributed by atoms with E-state index < -0.39 is 17.7 Å². The fourth-order valence-corrected chi connectivity index (χ4v) is 4.50. The Labute approximate surface area is 207 Å². The van der Waals surface area contributed by atoms with Gasteiger partial charge in [0.05, 0.1) is 18.2 Å². The van der Waals surface area contributed by atoms with Crippen molar-refractivity contribution in [2.75, 3.05) is 11.5 Å².